The first kappa shape index (κ1) is 18.8. The summed E-state index contributed by atoms with van der Waals surface area (Å²) in [5, 5.41) is 14.4. The molecule has 138 valence electrons. The van der Waals surface area contributed by atoms with Crippen molar-refractivity contribution in [1.82, 2.24) is 19.8 Å². The van der Waals surface area contributed by atoms with Crippen LogP contribution in [0.3, 0.4) is 0 Å². The van der Waals surface area contributed by atoms with Gasteiger partial charge < -0.3 is 10.4 Å². The maximum Gasteiger partial charge on any atom is 0.264 e. The lowest BCUT2D eigenvalue weighted by atomic mass is 10.3. The van der Waals surface area contributed by atoms with Crippen molar-refractivity contribution in [3.63, 3.8) is 0 Å². The molecular weight excluding hydrogens is 374 g/mol. The molecule has 1 fully saturated rings. The maximum absolute atomic E-state index is 12.2. The molecule has 0 bridgehead atoms. The van der Waals surface area contributed by atoms with E-state index in [9.17, 15) is 9.90 Å². The van der Waals surface area contributed by atoms with E-state index < -0.39 is 5.56 Å². The van der Waals surface area contributed by atoms with Crippen molar-refractivity contribution in [3.05, 3.63) is 50.0 Å². The second-order valence-corrected chi connectivity index (χ2v) is 6.76. The van der Waals surface area contributed by atoms with Gasteiger partial charge in [0.1, 0.15) is 5.56 Å². The quantitative estimate of drug-likeness (QED) is 0.530. The molecule has 0 atom stereocenters. The van der Waals surface area contributed by atoms with Gasteiger partial charge in [-0.15, -0.1) is 0 Å². The van der Waals surface area contributed by atoms with Gasteiger partial charge in [-0.2, -0.15) is 0 Å². The van der Waals surface area contributed by atoms with Crippen molar-refractivity contribution in [2.24, 2.45) is 4.99 Å². The predicted molar refractivity (Wildman–Crippen MR) is 106 cm³/mol. The lowest BCUT2D eigenvalue weighted by Gasteiger charge is -2.26. The van der Waals surface area contributed by atoms with Gasteiger partial charge in [0.15, 0.2) is 4.77 Å². The Labute approximate surface area is 161 Å². The van der Waals surface area contributed by atoms with Crippen molar-refractivity contribution in [2.45, 2.75) is 0 Å². The number of nitrogens with one attached hydrogen (secondary N) is 2. The highest BCUT2D eigenvalue weighted by atomic mass is 35.5. The summed E-state index contributed by atoms with van der Waals surface area (Å²) in [6.45, 7) is 5.30. The number of piperazine rings is 1. The Morgan fingerprint density at radius 1 is 1.27 bits per heavy atom. The van der Waals surface area contributed by atoms with Crippen LogP contribution in [-0.4, -0.2) is 65.0 Å². The van der Waals surface area contributed by atoms with Crippen molar-refractivity contribution >= 4 is 30.0 Å². The fourth-order valence-corrected chi connectivity index (χ4v) is 3.18. The minimum atomic E-state index is -0.469. The zero-order valence-electron chi connectivity index (χ0n) is 14.1. The third kappa shape index (κ3) is 4.39. The normalized spacial score (nSPS) is 15.6. The molecule has 3 rings (SSSR count). The maximum atomic E-state index is 12.2. The first-order chi connectivity index (χ1) is 12.6. The van der Waals surface area contributed by atoms with Gasteiger partial charge in [0.2, 0.25) is 5.88 Å². The average Bonchev–Trinajstić information content (AvgIpc) is 2.63. The number of aromatic hydroxyl groups is 1. The van der Waals surface area contributed by atoms with Crippen LogP contribution in [0.15, 0.2) is 34.1 Å². The van der Waals surface area contributed by atoms with Crippen molar-refractivity contribution in [3.8, 4) is 11.6 Å². The fourth-order valence-electron chi connectivity index (χ4n) is 2.77. The van der Waals surface area contributed by atoms with Crippen LogP contribution >= 0.6 is 23.8 Å². The van der Waals surface area contributed by atoms with Crippen LogP contribution in [0.5, 0.6) is 5.88 Å². The fraction of sp³-hybridized carbons (Fsp3) is 0.353. The molecule has 0 amide bonds. The standard InChI is InChI=1S/C17H20ClN5O2S/c18-12-1-3-13(4-2-12)23-16(25)14(15(24)21-17(23)26)11-20-7-10-22-8-5-19-6-9-22/h1-4,11,19,25H,5-10H2,(H,21,24,26). The highest BCUT2D eigenvalue weighted by Crippen LogP contribution is 2.20. The number of nitrogens with zero attached hydrogens (tertiary/aromatic N) is 3. The monoisotopic (exact) mass is 393 g/mol. The molecule has 1 aromatic heterocycles. The van der Waals surface area contributed by atoms with Gasteiger partial charge in [-0.3, -0.25) is 24.2 Å². The minimum absolute atomic E-state index is 0.0776. The van der Waals surface area contributed by atoms with Crippen LogP contribution in [0.25, 0.3) is 5.69 Å². The first-order valence-electron chi connectivity index (χ1n) is 8.33. The van der Waals surface area contributed by atoms with Gasteiger partial charge in [0.05, 0.1) is 12.2 Å². The molecule has 0 radical (unpaired) electrons. The zero-order chi connectivity index (χ0) is 18.5. The van der Waals surface area contributed by atoms with E-state index in [4.69, 9.17) is 23.8 Å². The number of rotatable bonds is 5. The summed E-state index contributed by atoms with van der Waals surface area (Å²) in [7, 11) is 0. The second kappa shape index (κ2) is 8.59. The lowest BCUT2D eigenvalue weighted by molar-refractivity contribution is 0.248. The molecule has 3 N–H and O–H groups in total. The minimum Gasteiger partial charge on any atom is -0.494 e. The van der Waals surface area contributed by atoms with Gasteiger partial charge in [-0.25, -0.2) is 0 Å². The number of hydrogen-bond acceptors (Lipinski definition) is 6. The van der Waals surface area contributed by atoms with E-state index in [-0.39, 0.29) is 16.2 Å². The first-order valence-corrected chi connectivity index (χ1v) is 9.12. The number of hydrogen-bond donors (Lipinski definition) is 3. The van der Waals surface area contributed by atoms with Gasteiger partial charge in [-0.05, 0) is 36.5 Å². The molecule has 2 aromatic rings. The Bertz CT molecular complexity index is 901. The number of halogens is 1. The van der Waals surface area contributed by atoms with Gasteiger partial charge >= 0.3 is 0 Å². The zero-order valence-corrected chi connectivity index (χ0v) is 15.7. The molecule has 26 heavy (non-hydrogen) atoms. The van der Waals surface area contributed by atoms with Crippen LogP contribution < -0.4 is 10.9 Å². The van der Waals surface area contributed by atoms with Gasteiger partial charge in [-0.1, -0.05) is 11.6 Å². The largest absolute Gasteiger partial charge is 0.494 e. The molecule has 0 aliphatic carbocycles. The number of H-pyrrole nitrogens is 1. The summed E-state index contributed by atoms with van der Waals surface area (Å²) in [4.78, 5) is 21.3. The van der Waals surface area contributed by atoms with E-state index in [1.165, 1.54) is 10.8 Å². The summed E-state index contributed by atoms with van der Waals surface area (Å²) in [5.74, 6) is -0.244. The highest BCUT2D eigenvalue weighted by Gasteiger charge is 2.13. The van der Waals surface area contributed by atoms with Crippen LogP contribution in [0.4, 0.5) is 0 Å². The highest BCUT2D eigenvalue weighted by molar-refractivity contribution is 7.71. The Morgan fingerprint density at radius 3 is 2.65 bits per heavy atom. The second-order valence-electron chi connectivity index (χ2n) is 5.94. The summed E-state index contributed by atoms with van der Waals surface area (Å²) in [5.41, 5.74) is 0.209. The summed E-state index contributed by atoms with van der Waals surface area (Å²) in [6.07, 6.45) is 1.40. The molecule has 1 aliphatic heterocycles. The van der Waals surface area contributed by atoms with Crippen LogP contribution in [0.1, 0.15) is 5.56 Å². The molecule has 0 spiro atoms. The Kier molecular flexibility index (Phi) is 6.20. The number of aromatic amines is 1. The van der Waals surface area contributed by atoms with Crippen molar-refractivity contribution in [1.29, 1.82) is 0 Å². The van der Waals surface area contributed by atoms with E-state index in [1.54, 1.807) is 24.3 Å². The van der Waals surface area contributed by atoms with Crippen LogP contribution in [0.2, 0.25) is 5.02 Å². The molecule has 0 saturated carbocycles. The lowest BCUT2D eigenvalue weighted by Crippen LogP contribution is -2.44. The molecule has 1 aliphatic rings. The molecule has 1 aromatic carbocycles. The van der Waals surface area contributed by atoms with Crippen molar-refractivity contribution < 1.29 is 5.11 Å². The summed E-state index contributed by atoms with van der Waals surface area (Å²) in [6, 6.07) is 6.79. The number of benzene rings is 1. The molecule has 2 heterocycles. The number of aliphatic imine (C=N–C) groups is 1. The van der Waals surface area contributed by atoms with Gasteiger partial charge in [0.25, 0.3) is 5.56 Å². The Morgan fingerprint density at radius 2 is 1.96 bits per heavy atom. The third-order valence-corrected chi connectivity index (χ3v) is 4.72. The Hall–Kier alpha value is -2.00. The SMILES string of the molecule is O=c1[nH]c(=S)n(-c2ccc(Cl)cc2)c(O)c1C=NCCN1CCNCC1. The van der Waals surface area contributed by atoms with E-state index in [2.05, 4.69) is 20.2 Å². The molecule has 9 heteroatoms. The Balaban J connectivity index is 1.81. The van der Waals surface area contributed by atoms with Crippen LogP contribution in [0, 0.1) is 4.77 Å². The smallest absolute Gasteiger partial charge is 0.264 e. The topological polar surface area (TPSA) is 85.6 Å². The molecule has 7 nitrogen and oxygen atoms in total. The summed E-state index contributed by atoms with van der Waals surface area (Å²) >= 11 is 11.1. The van der Waals surface area contributed by atoms with Gasteiger partial charge in [0, 0.05) is 44.0 Å². The number of aromatic nitrogens is 2. The molecule has 1 saturated heterocycles. The van der Waals surface area contributed by atoms with Crippen LogP contribution in [-0.2, 0) is 0 Å². The van der Waals surface area contributed by atoms with Crippen molar-refractivity contribution in [2.75, 3.05) is 39.3 Å². The molecular formula is C17H20ClN5O2S. The molecule has 0 unspecified atom stereocenters. The predicted octanol–water partition coefficient (Wildman–Crippen LogP) is 1.58. The van der Waals surface area contributed by atoms with E-state index in [0.29, 0.717) is 17.3 Å². The average molecular weight is 394 g/mol. The van der Waals surface area contributed by atoms with E-state index >= 15 is 0 Å². The third-order valence-electron chi connectivity index (χ3n) is 4.18. The summed E-state index contributed by atoms with van der Waals surface area (Å²) < 4.78 is 1.48. The van der Waals surface area contributed by atoms with E-state index in [1.807, 2.05) is 0 Å². The van der Waals surface area contributed by atoms with E-state index in [0.717, 1.165) is 32.7 Å².